The molecular weight excluding hydrogens is 541 g/mol. The molecule has 0 aliphatic carbocycles. The molecule has 2 N–H and O–H groups in total. The summed E-state index contributed by atoms with van der Waals surface area (Å²) in [6.45, 7) is 1.18. The molecule has 2 aliphatic rings. The Morgan fingerprint density at radius 2 is 1.93 bits per heavy atom. The molecule has 0 radical (unpaired) electrons. The predicted octanol–water partition coefficient (Wildman–Crippen LogP) is 2.71. The highest BCUT2D eigenvalue weighted by atomic mass is 32.2. The van der Waals surface area contributed by atoms with E-state index in [9.17, 15) is 27.5 Å². The Morgan fingerprint density at radius 3 is 2.62 bits per heavy atom. The number of sulfonamides is 1. The van der Waals surface area contributed by atoms with Crippen LogP contribution in [0.4, 0.5) is 4.39 Å². The van der Waals surface area contributed by atoms with Gasteiger partial charge in [-0.25, -0.2) is 27.3 Å². The number of carbonyl (C=O) groups excluding carboxylic acids is 1. The first-order valence-electron chi connectivity index (χ1n) is 12.5. The SMILES string of the molecule is CCC1(O)C(=O)OCc2c1cc1n(c2=O)Cc2c-1nc1cc(F)c(OC)cc1c2CNS(=O)(=O)c1ccccc1. The van der Waals surface area contributed by atoms with Crippen molar-refractivity contribution in [1.82, 2.24) is 14.3 Å². The first-order valence-corrected chi connectivity index (χ1v) is 14.0. The van der Waals surface area contributed by atoms with Gasteiger partial charge in [0.1, 0.15) is 6.61 Å². The molecule has 12 heteroatoms. The minimum absolute atomic E-state index is 0.0166. The minimum atomic E-state index is -3.91. The Hall–Kier alpha value is -4.13. The summed E-state index contributed by atoms with van der Waals surface area (Å²) in [4.78, 5) is 30.8. The second-order valence-corrected chi connectivity index (χ2v) is 11.4. The number of pyridine rings is 2. The molecule has 40 heavy (non-hydrogen) atoms. The zero-order chi connectivity index (χ0) is 28.4. The molecule has 0 spiro atoms. The lowest BCUT2D eigenvalue weighted by Crippen LogP contribution is -2.44. The molecule has 1 atom stereocenters. The summed E-state index contributed by atoms with van der Waals surface area (Å²) < 4.78 is 55.2. The number of nitrogens with one attached hydrogen (secondary N) is 1. The van der Waals surface area contributed by atoms with E-state index in [2.05, 4.69) is 9.71 Å². The molecule has 0 amide bonds. The molecule has 0 saturated carbocycles. The fourth-order valence-corrected chi connectivity index (χ4v) is 6.39. The second kappa shape index (κ2) is 9.22. The van der Waals surface area contributed by atoms with E-state index in [1.54, 1.807) is 31.2 Å². The number of aliphatic hydroxyl groups is 1. The molecule has 1 unspecified atom stereocenters. The van der Waals surface area contributed by atoms with E-state index in [0.717, 1.165) is 0 Å². The molecule has 0 bridgehead atoms. The van der Waals surface area contributed by atoms with Crippen LogP contribution < -0.4 is 15.0 Å². The number of halogens is 1. The van der Waals surface area contributed by atoms with E-state index in [-0.39, 0.29) is 53.4 Å². The molecule has 10 nitrogen and oxygen atoms in total. The van der Waals surface area contributed by atoms with Crippen molar-refractivity contribution < 1.29 is 32.2 Å². The van der Waals surface area contributed by atoms with Crippen LogP contribution in [0.1, 0.15) is 35.6 Å². The average Bonchev–Trinajstić information content (AvgIpc) is 3.32. The van der Waals surface area contributed by atoms with E-state index in [4.69, 9.17) is 9.47 Å². The average molecular weight is 566 g/mol. The Labute approximate surface area is 228 Å². The van der Waals surface area contributed by atoms with Gasteiger partial charge in [-0.3, -0.25) is 4.79 Å². The second-order valence-electron chi connectivity index (χ2n) is 9.66. The van der Waals surface area contributed by atoms with Crippen LogP contribution in [-0.2, 0) is 44.9 Å². The zero-order valence-corrected chi connectivity index (χ0v) is 22.3. The number of rotatable bonds is 6. The maximum atomic E-state index is 14.8. The van der Waals surface area contributed by atoms with Gasteiger partial charge in [-0.05, 0) is 36.2 Å². The maximum Gasteiger partial charge on any atom is 0.343 e. The normalized spacial score (nSPS) is 17.8. The van der Waals surface area contributed by atoms with Crippen LogP contribution in [0.3, 0.4) is 0 Å². The van der Waals surface area contributed by atoms with Crippen LogP contribution in [0.5, 0.6) is 5.75 Å². The van der Waals surface area contributed by atoms with Gasteiger partial charge in [0.05, 0.1) is 41.0 Å². The Kier molecular flexibility index (Phi) is 6.02. The monoisotopic (exact) mass is 565 g/mol. The van der Waals surface area contributed by atoms with Crippen LogP contribution in [0.2, 0.25) is 0 Å². The van der Waals surface area contributed by atoms with Gasteiger partial charge >= 0.3 is 5.97 Å². The molecule has 2 aromatic carbocycles. The summed E-state index contributed by atoms with van der Waals surface area (Å²) in [5.41, 5.74) is -0.276. The number of ether oxygens (including phenoxy) is 2. The van der Waals surface area contributed by atoms with Crippen molar-refractivity contribution in [3.05, 3.63) is 87.0 Å². The third kappa shape index (κ3) is 3.82. The lowest BCUT2D eigenvalue weighted by atomic mass is 9.86. The van der Waals surface area contributed by atoms with Crippen molar-refractivity contribution in [3.63, 3.8) is 0 Å². The number of hydrogen-bond acceptors (Lipinski definition) is 8. The first-order chi connectivity index (χ1) is 19.1. The Morgan fingerprint density at radius 1 is 1.18 bits per heavy atom. The number of esters is 1. The zero-order valence-electron chi connectivity index (χ0n) is 21.5. The van der Waals surface area contributed by atoms with Gasteiger partial charge in [-0.2, -0.15) is 0 Å². The Bertz CT molecular complexity index is 1890. The lowest BCUT2D eigenvalue weighted by molar-refractivity contribution is -0.172. The molecular formula is C28H24FN3O7S. The summed E-state index contributed by atoms with van der Waals surface area (Å²) in [5.74, 6) is -1.56. The van der Waals surface area contributed by atoms with Gasteiger partial charge in [-0.15, -0.1) is 0 Å². The third-order valence-corrected chi connectivity index (χ3v) is 8.99. The molecule has 0 saturated heterocycles. The van der Waals surface area contributed by atoms with Crippen molar-refractivity contribution in [2.45, 2.75) is 43.5 Å². The molecule has 6 rings (SSSR count). The standard InChI is InChI=1S/C28H24FN3O7S/c1-3-28(35)20-10-23-25-18(13-32(23)26(33)19(20)14-39-27(28)34)17(12-30-40(36,37)15-7-5-4-6-8-15)16-9-24(38-2)21(29)11-22(16)31-25/h4-11,30,35H,3,12-14H2,1-2H3. The van der Waals surface area contributed by atoms with Gasteiger partial charge in [0, 0.05) is 29.1 Å². The third-order valence-electron chi connectivity index (χ3n) is 7.57. The highest BCUT2D eigenvalue weighted by Crippen LogP contribution is 2.41. The summed E-state index contributed by atoms with van der Waals surface area (Å²) in [6, 6.07) is 12.0. The van der Waals surface area contributed by atoms with E-state index in [0.29, 0.717) is 27.9 Å². The van der Waals surface area contributed by atoms with Gasteiger partial charge in [-0.1, -0.05) is 25.1 Å². The fourth-order valence-electron chi connectivity index (χ4n) is 5.37. The topological polar surface area (TPSA) is 137 Å². The summed E-state index contributed by atoms with van der Waals surface area (Å²) in [6.07, 6.45) is -0.0166. The minimum Gasteiger partial charge on any atom is -0.494 e. The largest absolute Gasteiger partial charge is 0.494 e. The smallest absolute Gasteiger partial charge is 0.343 e. The highest BCUT2D eigenvalue weighted by molar-refractivity contribution is 7.89. The predicted molar refractivity (Wildman–Crippen MR) is 142 cm³/mol. The number of hydrogen-bond donors (Lipinski definition) is 2. The maximum absolute atomic E-state index is 14.8. The number of cyclic esters (lactones) is 1. The first kappa shape index (κ1) is 26.1. The lowest BCUT2D eigenvalue weighted by Gasteiger charge is -2.31. The van der Waals surface area contributed by atoms with Crippen molar-refractivity contribution in [1.29, 1.82) is 0 Å². The molecule has 0 fully saturated rings. The summed E-state index contributed by atoms with van der Waals surface area (Å²) >= 11 is 0. The van der Waals surface area contributed by atoms with Crippen molar-refractivity contribution in [2.75, 3.05) is 7.11 Å². The van der Waals surface area contributed by atoms with Crippen molar-refractivity contribution >= 4 is 26.9 Å². The number of nitrogens with zero attached hydrogens (tertiary/aromatic N) is 2. The highest BCUT2D eigenvalue weighted by Gasteiger charge is 2.45. The number of methoxy groups -OCH3 is 1. The number of benzene rings is 2. The van der Waals surface area contributed by atoms with Crippen molar-refractivity contribution in [3.8, 4) is 17.1 Å². The number of aromatic nitrogens is 2. The quantitative estimate of drug-likeness (QED) is 0.300. The molecule has 4 aromatic rings. The molecule has 4 heterocycles. The Balaban J connectivity index is 1.56. The van der Waals surface area contributed by atoms with Gasteiger partial charge in [0.2, 0.25) is 10.0 Å². The van der Waals surface area contributed by atoms with Crippen LogP contribution >= 0.6 is 0 Å². The van der Waals surface area contributed by atoms with Gasteiger partial charge in [0.15, 0.2) is 17.2 Å². The van der Waals surface area contributed by atoms with Gasteiger partial charge < -0.3 is 19.1 Å². The molecule has 2 aromatic heterocycles. The van der Waals surface area contributed by atoms with Crippen LogP contribution in [0, 0.1) is 5.82 Å². The van der Waals surface area contributed by atoms with Crippen LogP contribution in [-0.4, -0.2) is 36.2 Å². The molecule has 206 valence electrons. The molecule has 2 aliphatic heterocycles. The number of carbonyl (C=O) groups is 1. The van der Waals surface area contributed by atoms with Crippen LogP contribution in [0.15, 0.2) is 58.2 Å². The van der Waals surface area contributed by atoms with Gasteiger partial charge in [0.25, 0.3) is 5.56 Å². The van der Waals surface area contributed by atoms with E-state index < -0.39 is 33.0 Å². The summed E-state index contributed by atoms with van der Waals surface area (Å²) in [7, 11) is -2.59. The summed E-state index contributed by atoms with van der Waals surface area (Å²) in [5, 5.41) is 11.6. The van der Waals surface area contributed by atoms with Crippen molar-refractivity contribution in [2.24, 2.45) is 0 Å². The van der Waals surface area contributed by atoms with E-state index >= 15 is 0 Å². The number of fused-ring (bicyclic) bond motifs is 5. The van der Waals surface area contributed by atoms with E-state index in [1.165, 1.54) is 35.9 Å². The van der Waals surface area contributed by atoms with E-state index in [1.807, 2.05) is 0 Å². The van der Waals surface area contributed by atoms with Crippen LogP contribution in [0.25, 0.3) is 22.3 Å². The fraction of sp³-hybridized carbons (Fsp3) is 0.250.